The molecule has 2 N–H and O–H groups in total. The molecule has 4 aromatic rings. The summed E-state index contributed by atoms with van der Waals surface area (Å²) in [5.41, 5.74) is 1.80. The van der Waals surface area contributed by atoms with Crippen molar-refractivity contribution < 1.29 is 33.2 Å². The van der Waals surface area contributed by atoms with Gasteiger partial charge in [-0.2, -0.15) is 0 Å². The van der Waals surface area contributed by atoms with Crippen LogP contribution in [0.5, 0.6) is 23.3 Å². The molecule has 0 bridgehead atoms. The monoisotopic (exact) mass is 623 g/mol. The van der Waals surface area contributed by atoms with Crippen LogP contribution in [0, 0.1) is 35.5 Å². The van der Waals surface area contributed by atoms with Crippen molar-refractivity contribution in [1.29, 1.82) is 0 Å². The van der Waals surface area contributed by atoms with Crippen LogP contribution in [-0.2, 0) is 9.47 Å². The molecule has 0 saturated heterocycles. The normalized spacial score (nSPS) is 14.8. The molecule has 1 saturated carbocycles. The fraction of sp³-hybridized carbons (Fsp3) is 0.353. The summed E-state index contributed by atoms with van der Waals surface area (Å²) in [6.07, 6.45) is 2.18. The molecule has 2 atom stereocenters. The molecular formula is C34H35N6O6+. The molecule has 2 unspecified atom stereocenters. The third-order valence-corrected chi connectivity index (χ3v) is 6.81. The van der Waals surface area contributed by atoms with Gasteiger partial charge in [-0.05, 0) is 62.6 Å². The highest BCUT2D eigenvalue weighted by Gasteiger charge is 2.48. The fourth-order valence-corrected chi connectivity index (χ4v) is 4.53. The van der Waals surface area contributed by atoms with Gasteiger partial charge in [0, 0.05) is 29.9 Å². The maximum Gasteiger partial charge on any atom is 0.388 e. The number of benzene rings is 2. The van der Waals surface area contributed by atoms with Crippen LogP contribution in [0.3, 0.4) is 0 Å². The van der Waals surface area contributed by atoms with Gasteiger partial charge in [0.15, 0.2) is 0 Å². The van der Waals surface area contributed by atoms with E-state index in [1.54, 1.807) is 42.8 Å². The van der Waals surface area contributed by atoms with E-state index in [-0.39, 0.29) is 48.3 Å². The SMILES string of the molecule is CCOC(=O)c1[nH]nnc1Oc1cccc(C#CCC2CC2[n+]2n[nH]c(Oc3cccc(C#CCC(C)C)c3)c2C(=O)OCC)c1. The summed E-state index contributed by atoms with van der Waals surface area (Å²) in [6, 6.07) is 14.5. The first-order valence-corrected chi connectivity index (χ1v) is 15.1. The van der Waals surface area contributed by atoms with Gasteiger partial charge in [0.05, 0.1) is 18.4 Å². The Morgan fingerprint density at radius 2 is 1.61 bits per heavy atom. The number of carbonyl (C=O) groups is 2. The quantitative estimate of drug-likeness (QED) is 0.132. The van der Waals surface area contributed by atoms with Crippen LogP contribution in [0.25, 0.3) is 0 Å². The molecule has 2 aromatic carbocycles. The van der Waals surface area contributed by atoms with Crippen LogP contribution in [0.2, 0.25) is 0 Å². The second-order valence-electron chi connectivity index (χ2n) is 10.9. The second kappa shape index (κ2) is 14.9. The van der Waals surface area contributed by atoms with Crippen molar-refractivity contribution >= 4 is 11.9 Å². The van der Waals surface area contributed by atoms with E-state index in [4.69, 9.17) is 18.9 Å². The maximum atomic E-state index is 13.0. The summed E-state index contributed by atoms with van der Waals surface area (Å²) in [6.45, 7) is 8.14. The minimum atomic E-state index is -0.603. The predicted octanol–water partition coefficient (Wildman–Crippen LogP) is 5.15. The Hall–Kier alpha value is -5.62. The summed E-state index contributed by atoms with van der Waals surface area (Å²) in [4.78, 5) is 25.1. The average molecular weight is 624 g/mol. The molecule has 12 nitrogen and oxygen atoms in total. The van der Waals surface area contributed by atoms with Gasteiger partial charge in [-0.1, -0.05) is 60.0 Å². The van der Waals surface area contributed by atoms with E-state index in [0.29, 0.717) is 23.8 Å². The predicted molar refractivity (Wildman–Crippen MR) is 165 cm³/mol. The second-order valence-corrected chi connectivity index (χ2v) is 10.9. The highest BCUT2D eigenvalue weighted by Crippen LogP contribution is 2.42. The zero-order valence-corrected chi connectivity index (χ0v) is 26.1. The number of aromatic amines is 2. The summed E-state index contributed by atoms with van der Waals surface area (Å²) < 4.78 is 23.8. The van der Waals surface area contributed by atoms with Crippen molar-refractivity contribution in [3.8, 4) is 46.9 Å². The number of esters is 2. The maximum absolute atomic E-state index is 13.0. The van der Waals surface area contributed by atoms with E-state index < -0.39 is 11.9 Å². The number of nitrogens with zero attached hydrogens (tertiary/aromatic N) is 4. The number of hydrogen-bond acceptors (Lipinski definition) is 9. The zero-order chi connectivity index (χ0) is 32.5. The molecule has 236 valence electrons. The van der Waals surface area contributed by atoms with Crippen molar-refractivity contribution in [2.75, 3.05) is 13.2 Å². The molecule has 0 radical (unpaired) electrons. The van der Waals surface area contributed by atoms with Gasteiger partial charge in [-0.15, -0.1) is 9.78 Å². The number of aromatic nitrogens is 6. The number of ether oxygens (including phenoxy) is 4. The minimum absolute atomic E-state index is 0.0178. The van der Waals surface area contributed by atoms with Crippen LogP contribution in [0.1, 0.15) is 85.1 Å². The molecule has 1 aliphatic carbocycles. The zero-order valence-electron chi connectivity index (χ0n) is 26.1. The molecule has 0 amide bonds. The molecule has 5 rings (SSSR count). The Kier molecular flexibility index (Phi) is 10.3. The van der Waals surface area contributed by atoms with Gasteiger partial charge in [0.1, 0.15) is 17.5 Å². The van der Waals surface area contributed by atoms with Gasteiger partial charge in [-0.3, -0.25) is 0 Å². The van der Waals surface area contributed by atoms with E-state index in [1.807, 2.05) is 24.3 Å². The van der Waals surface area contributed by atoms with Crippen molar-refractivity contribution in [2.45, 2.75) is 53.0 Å². The number of hydrogen-bond donors (Lipinski definition) is 2. The molecule has 0 aliphatic heterocycles. The lowest BCUT2D eigenvalue weighted by atomic mass is 10.1. The molecule has 1 fully saturated rings. The fourth-order valence-electron chi connectivity index (χ4n) is 4.53. The Bertz CT molecular complexity index is 1820. The minimum Gasteiger partial charge on any atom is -0.461 e. The molecule has 2 heterocycles. The van der Waals surface area contributed by atoms with E-state index in [2.05, 4.69) is 63.3 Å². The lowest BCUT2D eigenvalue weighted by molar-refractivity contribution is -0.761. The number of rotatable bonds is 11. The molecule has 1 aliphatic rings. The first kappa shape index (κ1) is 31.8. The van der Waals surface area contributed by atoms with Crippen LogP contribution in [0.15, 0.2) is 48.5 Å². The van der Waals surface area contributed by atoms with E-state index in [9.17, 15) is 9.59 Å². The average Bonchev–Trinajstić information content (AvgIpc) is 3.42. The number of H-pyrrole nitrogens is 2. The summed E-state index contributed by atoms with van der Waals surface area (Å²) in [7, 11) is 0. The third kappa shape index (κ3) is 8.10. The topological polar surface area (TPSA) is 145 Å². The third-order valence-electron chi connectivity index (χ3n) is 6.81. The Labute approximate surface area is 266 Å². The lowest BCUT2D eigenvalue weighted by Gasteiger charge is -2.04. The molecular weight excluding hydrogens is 588 g/mol. The van der Waals surface area contributed by atoms with Gasteiger partial charge < -0.3 is 18.9 Å². The summed E-state index contributed by atoms with van der Waals surface area (Å²) in [5, 5.41) is 17.2. The van der Waals surface area contributed by atoms with Crippen molar-refractivity contribution in [2.24, 2.45) is 11.8 Å². The largest absolute Gasteiger partial charge is 0.461 e. The van der Waals surface area contributed by atoms with E-state index in [1.165, 1.54) is 0 Å². The van der Waals surface area contributed by atoms with Crippen molar-refractivity contribution in [3.05, 3.63) is 71.0 Å². The van der Waals surface area contributed by atoms with Gasteiger partial charge in [-0.25, -0.2) is 14.7 Å². The van der Waals surface area contributed by atoms with Crippen LogP contribution in [0.4, 0.5) is 0 Å². The Morgan fingerprint density at radius 3 is 2.30 bits per heavy atom. The van der Waals surface area contributed by atoms with Crippen molar-refractivity contribution in [1.82, 2.24) is 25.7 Å². The number of carbonyl (C=O) groups excluding carboxylic acids is 2. The van der Waals surface area contributed by atoms with Crippen LogP contribution in [-0.4, -0.2) is 50.9 Å². The van der Waals surface area contributed by atoms with Crippen LogP contribution >= 0.6 is 0 Å². The van der Waals surface area contributed by atoms with Gasteiger partial charge >= 0.3 is 23.5 Å². The Morgan fingerprint density at radius 1 is 0.935 bits per heavy atom. The molecule has 2 aromatic heterocycles. The smallest absolute Gasteiger partial charge is 0.388 e. The highest BCUT2D eigenvalue weighted by molar-refractivity contribution is 5.89. The molecule has 46 heavy (non-hydrogen) atoms. The standard InChI is InChI=1S/C34H34N6O6/c1-5-43-33(41)29-31(36-38-35-29)45-26-17-9-15-24(19-26)13-8-16-25-21-28(25)40-30(34(42)44-6-2)32(37-39-40)46-27-18-10-14-23(20-27)12-7-11-22(3)4/h9-10,14-15,17-20,22,25,28H,5-6,11,16,21H2,1-4H3,(H,35,36,38,41)/p+1. The first-order valence-electron chi connectivity index (χ1n) is 15.1. The van der Waals surface area contributed by atoms with Crippen molar-refractivity contribution in [3.63, 3.8) is 0 Å². The van der Waals surface area contributed by atoms with E-state index in [0.717, 1.165) is 24.0 Å². The Balaban J connectivity index is 1.25. The van der Waals surface area contributed by atoms with Gasteiger partial charge in [0.25, 0.3) is 5.88 Å². The lowest BCUT2D eigenvalue weighted by Crippen LogP contribution is -2.41. The summed E-state index contributed by atoms with van der Waals surface area (Å²) >= 11 is 0. The molecule has 12 heteroatoms. The highest BCUT2D eigenvalue weighted by atomic mass is 16.5. The van der Waals surface area contributed by atoms with Crippen LogP contribution < -0.4 is 14.2 Å². The summed E-state index contributed by atoms with van der Waals surface area (Å²) in [5.74, 6) is 13.5. The van der Waals surface area contributed by atoms with E-state index >= 15 is 0 Å². The van der Waals surface area contributed by atoms with Gasteiger partial charge in [0.2, 0.25) is 5.69 Å². The number of nitrogens with one attached hydrogen (secondary N) is 2. The first-order chi connectivity index (χ1) is 22.4. The molecule has 0 spiro atoms.